The highest BCUT2D eigenvalue weighted by Gasteiger charge is 2.65. The first-order chi connectivity index (χ1) is 28.4. The molecule has 1 fully saturated rings. The van der Waals surface area contributed by atoms with Crippen molar-refractivity contribution in [3.8, 4) is 17.2 Å². The van der Waals surface area contributed by atoms with E-state index < -0.39 is 23.8 Å². The third kappa shape index (κ3) is 10.8. The number of hydrogen-bond acceptors (Lipinski definition) is 12. The predicted octanol–water partition coefficient (Wildman–Crippen LogP) is 7.88. The maximum Gasteiger partial charge on any atom is 0.410 e. The Hall–Kier alpha value is -3.85. The zero-order valence-electron chi connectivity index (χ0n) is 34.1. The summed E-state index contributed by atoms with van der Waals surface area (Å²) in [6.07, 6.45) is 12.5. The van der Waals surface area contributed by atoms with Crippen LogP contribution in [-0.4, -0.2) is 110 Å². The first-order valence-corrected chi connectivity index (χ1v) is 21.9. The number of benzene rings is 2. The Kier molecular flexibility index (Phi) is 18.0. The highest BCUT2D eigenvalue weighted by molar-refractivity contribution is 7.98. The van der Waals surface area contributed by atoms with Gasteiger partial charge < -0.3 is 43.8 Å². The average molecular weight is 823 g/mol. The molecule has 0 bridgehead atoms. The van der Waals surface area contributed by atoms with Crippen molar-refractivity contribution >= 4 is 23.6 Å². The molecule has 58 heavy (non-hydrogen) atoms. The fraction of sp³-hybridized carbons (Fsp3) is 0.556. The third-order valence-corrected chi connectivity index (χ3v) is 11.9. The second-order valence-corrected chi connectivity index (χ2v) is 15.6. The van der Waals surface area contributed by atoms with Gasteiger partial charge >= 0.3 is 6.09 Å². The summed E-state index contributed by atoms with van der Waals surface area (Å²) >= 11 is 1.67. The number of amides is 1. The number of hydrogen-bond donors (Lipinski definition) is 3. The number of aliphatic hydroxyl groups is 3. The molecule has 6 unspecified atom stereocenters. The van der Waals surface area contributed by atoms with Crippen LogP contribution >= 0.6 is 11.8 Å². The van der Waals surface area contributed by atoms with Gasteiger partial charge in [0, 0.05) is 42.6 Å². The Morgan fingerprint density at radius 2 is 1.74 bits per heavy atom. The van der Waals surface area contributed by atoms with Gasteiger partial charge in [0.05, 0.1) is 44.7 Å². The van der Waals surface area contributed by atoms with Crippen molar-refractivity contribution in [3.63, 3.8) is 0 Å². The highest BCUT2D eigenvalue weighted by Crippen LogP contribution is 2.62. The largest absolute Gasteiger partial charge is 0.459 e. The quantitative estimate of drug-likeness (QED) is 0.0389. The normalized spacial score (nSPS) is 23.8. The summed E-state index contributed by atoms with van der Waals surface area (Å²) in [5.41, 5.74) is 2.58. The number of oxime groups is 1. The van der Waals surface area contributed by atoms with Crippen LogP contribution in [0.5, 0.6) is 17.2 Å². The maximum absolute atomic E-state index is 14.3. The van der Waals surface area contributed by atoms with Crippen LogP contribution in [0.25, 0.3) is 0 Å². The average Bonchev–Trinajstić information content (AvgIpc) is 3.24. The van der Waals surface area contributed by atoms with Crippen LogP contribution in [0.2, 0.25) is 0 Å². The maximum atomic E-state index is 14.3. The molecular formula is C45H62N2O10S. The Morgan fingerprint density at radius 1 is 0.983 bits per heavy atom. The zero-order valence-corrected chi connectivity index (χ0v) is 34.9. The van der Waals surface area contributed by atoms with Gasteiger partial charge in [-0.1, -0.05) is 36.2 Å². The molecule has 1 aliphatic heterocycles. The minimum atomic E-state index is -1.45. The van der Waals surface area contributed by atoms with Gasteiger partial charge in [0.15, 0.2) is 0 Å². The van der Waals surface area contributed by atoms with E-state index in [1.165, 1.54) is 0 Å². The number of carbonyl (C=O) groups is 1. The molecule has 12 nitrogen and oxygen atoms in total. The summed E-state index contributed by atoms with van der Waals surface area (Å²) < 4.78 is 32.3. The van der Waals surface area contributed by atoms with E-state index in [4.69, 9.17) is 33.7 Å². The smallest absolute Gasteiger partial charge is 0.410 e. The van der Waals surface area contributed by atoms with Crippen molar-refractivity contribution < 1.29 is 48.6 Å². The molecule has 318 valence electrons. The molecule has 5 rings (SSSR count). The van der Waals surface area contributed by atoms with Gasteiger partial charge in [0.25, 0.3) is 0 Å². The number of allylic oxidation sites excluding steroid dienone is 1. The molecule has 2 aromatic carbocycles. The summed E-state index contributed by atoms with van der Waals surface area (Å²) in [7, 11) is 0. The minimum Gasteiger partial charge on any atom is -0.459 e. The van der Waals surface area contributed by atoms with Gasteiger partial charge in [0.1, 0.15) is 29.9 Å². The summed E-state index contributed by atoms with van der Waals surface area (Å²) in [5, 5.41) is 34.0. The van der Waals surface area contributed by atoms with Crippen molar-refractivity contribution in [1.29, 1.82) is 0 Å². The van der Waals surface area contributed by atoms with E-state index in [0.717, 1.165) is 41.7 Å². The van der Waals surface area contributed by atoms with Gasteiger partial charge in [0.2, 0.25) is 5.79 Å². The fourth-order valence-electron chi connectivity index (χ4n) is 8.65. The van der Waals surface area contributed by atoms with E-state index in [-0.39, 0.29) is 77.0 Å². The van der Waals surface area contributed by atoms with Crippen LogP contribution in [0.4, 0.5) is 4.79 Å². The number of carbonyl (C=O) groups excluding carboxylic acids is 1. The van der Waals surface area contributed by atoms with E-state index in [2.05, 4.69) is 25.3 Å². The third-order valence-electron chi connectivity index (χ3n) is 11.1. The first-order valence-electron chi connectivity index (χ1n) is 20.6. The topological polar surface area (TPSA) is 149 Å². The van der Waals surface area contributed by atoms with Crippen LogP contribution < -0.4 is 9.47 Å². The van der Waals surface area contributed by atoms with Crippen molar-refractivity contribution in [2.45, 2.75) is 80.9 Å². The molecule has 0 radical (unpaired) electrons. The van der Waals surface area contributed by atoms with Crippen molar-refractivity contribution in [3.05, 3.63) is 85.0 Å². The molecule has 2 aromatic rings. The molecule has 1 saturated carbocycles. The number of fused-ring (bicyclic) bond motifs is 2. The van der Waals surface area contributed by atoms with E-state index in [9.17, 15) is 20.1 Å². The minimum absolute atomic E-state index is 0.0532. The van der Waals surface area contributed by atoms with Crippen LogP contribution in [0.1, 0.15) is 69.8 Å². The number of aliphatic hydroxyl groups excluding tert-OH is 3. The van der Waals surface area contributed by atoms with E-state index in [1.54, 1.807) is 28.8 Å². The van der Waals surface area contributed by atoms with Crippen LogP contribution in [-0.2, 0) is 19.0 Å². The standard InChI is InChI=1S/C45H62N2O10S/c1-5-8-26-53-44(51)47(21-27-52-28-24-50)41-31-39(46-55-7-3)37-29-32(13-9-11-22-48)36(14-10-12-23-49)42-38-30-34(56-33-15-18-35(58-4)19-16-33)17-20-40(38)57-45(41,43(37)42)54-25-6-2/h5-6,15-20,29-30,32,36,41-43,48-50H,1-2,7-14,21-28,31H2,3-4H3. The van der Waals surface area contributed by atoms with Gasteiger partial charge in [-0.25, -0.2) is 4.79 Å². The Bertz CT molecular complexity index is 1690. The Morgan fingerprint density at radius 3 is 2.43 bits per heavy atom. The molecule has 13 heteroatoms. The summed E-state index contributed by atoms with van der Waals surface area (Å²) in [6.45, 7) is 10.7. The molecule has 3 N–H and O–H groups in total. The lowest BCUT2D eigenvalue weighted by atomic mass is 9.55. The monoisotopic (exact) mass is 822 g/mol. The van der Waals surface area contributed by atoms with Crippen LogP contribution in [0, 0.1) is 17.8 Å². The van der Waals surface area contributed by atoms with E-state index in [0.29, 0.717) is 48.8 Å². The summed E-state index contributed by atoms with van der Waals surface area (Å²) in [5.74, 6) is -0.0210. The van der Waals surface area contributed by atoms with Gasteiger partial charge in [-0.3, -0.25) is 4.90 Å². The molecule has 1 amide bonds. The SMILES string of the molecule is C=CCCOC(=O)N(CCOCCO)C1CC(=NOCC)C2=CC(CCCCO)C(CCCCO)C3c4cc(Oc5ccc(SC)cc5)ccc4OC1(OCC=C)C23. The van der Waals surface area contributed by atoms with E-state index >= 15 is 0 Å². The Balaban J connectivity index is 1.74. The molecule has 2 aliphatic carbocycles. The lowest BCUT2D eigenvalue weighted by Crippen LogP contribution is -2.70. The number of thioether (sulfide) groups is 1. The number of rotatable bonds is 25. The van der Waals surface area contributed by atoms with Gasteiger partial charge in [-0.15, -0.1) is 24.9 Å². The lowest BCUT2D eigenvalue weighted by Gasteiger charge is -2.59. The number of unbranched alkanes of at least 4 members (excludes halogenated alkanes) is 2. The first kappa shape index (κ1) is 45.2. The number of nitrogens with zero attached hydrogens (tertiary/aromatic N) is 2. The molecular weight excluding hydrogens is 761 g/mol. The van der Waals surface area contributed by atoms with Gasteiger partial charge in [-0.2, -0.15) is 0 Å². The fourth-order valence-corrected chi connectivity index (χ4v) is 9.06. The van der Waals surface area contributed by atoms with Crippen LogP contribution in [0.15, 0.2) is 89.5 Å². The zero-order chi connectivity index (χ0) is 41.3. The van der Waals surface area contributed by atoms with Crippen molar-refractivity contribution in [2.24, 2.45) is 22.9 Å². The summed E-state index contributed by atoms with van der Waals surface area (Å²) in [4.78, 5) is 22.8. The number of ether oxygens (including phenoxy) is 5. The Labute approximate surface area is 347 Å². The molecule has 0 saturated heterocycles. The molecule has 3 aliphatic rings. The van der Waals surface area contributed by atoms with Crippen molar-refractivity contribution in [2.75, 3.05) is 65.7 Å². The van der Waals surface area contributed by atoms with Crippen molar-refractivity contribution in [1.82, 2.24) is 4.90 Å². The second kappa shape index (κ2) is 23.1. The lowest BCUT2D eigenvalue weighted by molar-refractivity contribution is -0.256. The second-order valence-electron chi connectivity index (χ2n) is 14.7. The van der Waals surface area contributed by atoms with Crippen LogP contribution in [0.3, 0.4) is 0 Å². The summed E-state index contributed by atoms with van der Waals surface area (Å²) in [6, 6.07) is 13.1. The van der Waals surface area contributed by atoms with Gasteiger partial charge in [-0.05, 0) is 105 Å². The molecule has 0 aromatic heterocycles. The van der Waals surface area contributed by atoms with E-state index in [1.807, 2.05) is 49.6 Å². The predicted molar refractivity (Wildman–Crippen MR) is 226 cm³/mol. The highest BCUT2D eigenvalue weighted by atomic mass is 32.2. The molecule has 1 heterocycles. The molecule has 6 atom stereocenters. The molecule has 0 spiro atoms.